The van der Waals surface area contributed by atoms with E-state index in [1.54, 1.807) is 12.4 Å². The Hall–Kier alpha value is -3.14. The third kappa shape index (κ3) is 4.48. The monoisotopic (exact) mass is 345 g/mol. The quantitative estimate of drug-likeness (QED) is 0.714. The van der Waals surface area contributed by atoms with Crippen LogP contribution in [0, 0.1) is 0 Å². The maximum Gasteiger partial charge on any atom is 0.257 e. The van der Waals surface area contributed by atoms with E-state index in [1.807, 2.05) is 55.6 Å². The number of amides is 1. The van der Waals surface area contributed by atoms with Gasteiger partial charge in [0, 0.05) is 25.5 Å². The maximum atomic E-state index is 12.5. The first kappa shape index (κ1) is 17.7. The Balaban J connectivity index is 1.70. The third-order valence-corrected chi connectivity index (χ3v) is 4.31. The molecule has 0 radical (unpaired) electrons. The average Bonchev–Trinajstić information content (AvgIpc) is 2.69. The van der Waals surface area contributed by atoms with Crippen molar-refractivity contribution in [2.24, 2.45) is 0 Å². The van der Waals surface area contributed by atoms with Crippen molar-refractivity contribution in [1.29, 1.82) is 0 Å². The fourth-order valence-corrected chi connectivity index (χ4v) is 2.74. The summed E-state index contributed by atoms with van der Waals surface area (Å²) in [4.78, 5) is 18.8. The highest BCUT2D eigenvalue weighted by molar-refractivity contribution is 6.04. The number of nitrogens with zero attached hydrogens (tertiary/aromatic N) is 2. The van der Waals surface area contributed by atoms with Gasteiger partial charge < -0.3 is 10.2 Å². The Morgan fingerprint density at radius 2 is 1.73 bits per heavy atom. The van der Waals surface area contributed by atoms with E-state index < -0.39 is 0 Å². The molecule has 0 saturated heterocycles. The van der Waals surface area contributed by atoms with Gasteiger partial charge in [0.1, 0.15) is 0 Å². The lowest BCUT2D eigenvalue weighted by molar-refractivity contribution is 0.102. The summed E-state index contributed by atoms with van der Waals surface area (Å²) in [5, 5.41) is 2.93. The molecule has 0 aliphatic heterocycles. The molecule has 4 heteroatoms. The molecule has 3 aromatic rings. The van der Waals surface area contributed by atoms with Crippen molar-refractivity contribution in [2.45, 2.75) is 19.9 Å². The van der Waals surface area contributed by atoms with Gasteiger partial charge in [-0.15, -0.1) is 0 Å². The third-order valence-electron chi connectivity index (χ3n) is 4.31. The Kier molecular flexibility index (Phi) is 5.64. The number of benzene rings is 2. The zero-order valence-corrected chi connectivity index (χ0v) is 15.1. The molecule has 0 aliphatic rings. The van der Waals surface area contributed by atoms with Gasteiger partial charge in [-0.3, -0.25) is 9.78 Å². The van der Waals surface area contributed by atoms with Gasteiger partial charge in [-0.05, 0) is 35.7 Å². The molecular formula is C22H23N3O. The summed E-state index contributed by atoms with van der Waals surface area (Å²) < 4.78 is 0. The molecule has 0 unspecified atom stereocenters. The fourth-order valence-electron chi connectivity index (χ4n) is 2.74. The molecule has 0 saturated carbocycles. The van der Waals surface area contributed by atoms with Gasteiger partial charge in [0.25, 0.3) is 5.91 Å². The second-order valence-corrected chi connectivity index (χ2v) is 6.28. The number of rotatable bonds is 6. The molecule has 0 bridgehead atoms. The summed E-state index contributed by atoms with van der Waals surface area (Å²) in [6.45, 7) is 2.86. The van der Waals surface area contributed by atoms with E-state index in [0.29, 0.717) is 5.56 Å². The van der Waals surface area contributed by atoms with Crippen molar-refractivity contribution in [2.75, 3.05) is 17.3 Å². The van der Waals surface area contributed by atoms with Crippen LogP contribution in [0.1, 0.15) is 28.4 Å². The molecule has 1 heterocycles. The van der Waals surface area contributed by atoms with Crippen LogP contribution in [0.5, 0.6) is 0 Å². The Morgan fingerprint density at radius 3 is 2.42 bits per heavy atom. The molecule has 132 valence electrons. The SMILES string of the molecule is CCc1ccc(NC(=O)c2cncc(N(C)Cc3ccccc3)c2)cc1. The number of aryl methyl sites for hydroxylation is 1. The molecule has 4 nitrogen and oxygen atoms in total. The predicted octanol–water partition coefficient (Wildman–Crippen LogP) is 4.53. The lowest BCUT2D eigenvalue weighted by Crippen LogP contribution is -2.18. The largest absolute Gasteiger partial charge is 0.369 e. The van der Waals surface area contributed by atoms with Crippen molar-refractivity contribution in [3.05, 3.63) is 89.7 Å². The first-order valence-corrected chi connectivity index (χ1v) is 8.76. The summed E-state index contributed by atoms with van der Waals surface area (Å²) in [5.41, 5.74) is 4.69. The molecule has 3 rings (SSSR count). The minimum Gasteiger partial charge on any atom is -0.369 e. The molecular weight excluding hydrogens is 322 g/mol. The molecule has 1 amide bonds. The van der Waals surface area contributed by atoms with Gasteiger partial charge in [-0.25, -0.2) is 0 Å². The van der Waals surface area contributed by atoms with Crippen molar-refractivity contribution < 1.29 is 4.79 Å². The normalized spacial score (nSPS) is 10.4. The molecule has 0 fully saturated rings. The zero-order valence-electron chi connectivity index (χ0n) is 15.1. The number of carbonyl (C=O) groups is 1. The molecule has 26 heavy (non-hydrogen) atoms. The summed E-state index contributed by atoms with van der Waals surface area (Å²) >= 11 is 0. The average molecular weight is 345 g/mol. The second kappa shape index (κ2) is 8.30. The van der Waals surface area contributed by atoms with E-state index in [-0.39, 0.29) is 5.91 Å². The highest BCUT2D eigenvalue weighted by atomic mass is 16.1. The van der Waals surface area contributed by atoms with Crippen LogP contribution in [-0.4, -0.2) is 17.9 Å². The number of carbonyl (C=O) groups excluding carboxylic acids is 1. The van der Waals surface area contributed by atoms with Crippen LogP contribution in [0.4, 0.5) is 11.4 Å². The van der Waals surface area contributed by atoms with E-state index in [9.17, 15) is 4.79 Å². The molecule has 0 aliphatic carbocycles. The Morgan fingerprint density at radius 1 is 1.00 bits per heavy atom. The Labute approximate surface area is 154 Å². The van der Waals surface area contributed by atoms with E-state index in [2.05, 4.69) is 34.3 Å². The van der Waals surface area contributed by atoms with Crippen molar-refractivity contribution in [3.8, 4) is 0 Å². The Bertz CT molecular complexity index is 860. The standard InChI is InChI=1S/C22H23N3O/c1-3-17-9-11-20(12-10-17)24-22(26)19-13-21(15-23-14-19)25(2)16-18-7-5-4-6-8-18/h4-15H,3,16H2,1-2H3,(H,24,26). The van der Waals surface area contributed by atoms with Gasteiger partial charge in [0.2, 0.25) is 0 Å². The second-order valence-electron chi connectivity index (χ2n) is 6.28. The van der Waals surface area contributed by atoms with Crippen LogP contribution in [0.2, 0.25) is 0 Å². The first-order valence-electron chi connectivity index (χ1n) is 8.76. The van der Waals surface area contributed by atoms with E-state index in [4.69, 9.17) is 0 Å². The van der Waals surface area contributed by atoms with E-state index in [0.717, 1.165) is 24.3 Å². The number of hydrogen-bond acceptors (Lipinski definition) is 3. The van der Waals surface area contributed by atoms with Gasteiger partial charge in [0.05, 0.1) is 17.4 Å². The van der Waals surface area contributed by atoms with Crippen LogP contribution in [0.15, 0.2) is 73.1 Å². The number of hydrogen-bond donors (Lipinski definition) is 1. The lowest BCUT2D eigenvalue weighted by Gasteiger charge is -2.19. The van der Waals surface area contributed by atoms with Gasteiger partial charge in [0.15, 0.2) is 0 Å². The summed E-state index contributed by atoms with van der Waals surface area (Å²) in [7, 11) is 2.00. The molecule has 2 aromatic carbocycles. The van der Waals surface area contributed by atoms with E-state index in [1.165, 1.54) is 11.1 Å². The van der Waals surface area contributed by atoms with Gasteiger partial charge in [-0.1, -0.05) is 49.4 Å². The number of nitrogens with one attached hydrogen (secondary N) is 1. The predicted molar refractivity (Wildman–Crippen MR) is 107 cm³/mol. The van der Waals surface area contributed by atoms with Crippen LogP contribution in [-0.2, 0) is 13.0 Å². The summed E-state index contributed by atoms with van der Waals surface area (Å²) in [6, 6.07) is 20.0. The highest BCUT2D eigenvalue weighted by Crippen LogP contribution is 2.17. The minimum atomic E-state index is -0.156. The van der Waals surface area contributed by atoms with Crippen molar-refractivity contribution in [1.82, 2.24) is 4.98 Å². The highest BCUT2D eigenvalue weighted by Gasteiger charge is 2.10. The topological polar surface area (TPSA) is 45.2 Å². The summed E-state index contributed by atoms with van der Waals surface area (Å²) in [5.74, 6) is -0.156. The van der Waals surface area contributed by atoms with Gasteiger partial charge >= 0.3 is 0 Å². The summed E-state index contributed by atoms with van der Waals surface area (Å²) in [6.07, 6.45) is 4.35. The van der Waals surface area contributed by atoms with Crippen LogP contribution in [0.3, 0.4) is 0 Å². The van der Waals surface area contributed by atoms with Crippen LogP contribution in [0.25, 0.3) is 0 Å². The number of pyridine rings is 1. The van der Waals surface area contributed by atoms with Gasteiger partial charge in [-0.2, -0.15) is 0 Å². The van der Waals surface area contributed by atoms with E-state index >= 15 is 0 Å². The minimum absolute atomic E-state index is 0.156. The van der Waals surface area contributed by atoms with Crippen LogP contribution < -0.4 is 10.2 Å². The molecule has 1 N–H and O–H groups in total. The lowest BCUT2D eigenvalue weighted by atomic mass is 10.1. The number of anilines is 2. The molecule has 1 aromatic heterocycles. The maximum absolute atomic E-state index is 12.5. The van der Waals surface area contributed by atoms with Crippen molar-refractivity contribution >= 4 is 17.3 Å². The van der Waals surface area contributed by atoms with Crippen molar-refractivity contribution in [3.63, 3.8) is 0 Å². The first-order chi connectivity index (χ1) is 12.7. The smallest absolute Gasteiger partial charge is 0.257 e. The molecule has 0 spiro atoms. The zero-order chi connectivity index (χ0) is 18.4. The molecule has 0 atom stereocenters. The van der Waals surface area contributed by atoms with Crippen LogP contribution >= 0.6 is 0 Å². The number of aromatic nitrogens is 1. The fraction of sp³-hybridized carbons (Fsp3) is 0.182.